The number of carbonyl (C=O) groups is 5. The summed E-state index contributed by atoms with van der Waals surface area (Å²) in [6.45, 7) is 2.68. The van der Waals surface area contributed by atoms with Gasteiger partial charge in [0.2, 0.25) is 11.7 Å². The van der Waals surface area contributed by atoms with Crippen molar-refractivity contribution in [2.24, 2.45) is 5.92 Å². The fourth-order valence-corrected chi connectivity index (χ4v) is 4.85. The molecule has 194 valence electrons. The van der Waals surface area contributed by atoms with Gasteiger partial charge in [-0.05, 0) is 69.3 Å². The number of ketones is 1. The fraction of sp³-hybridized carbons (Fsp3) is 0.370. The Hall–Kier alpha value is -3.56. The van der Waals surface area contributed by atoms with Crippen molar-refractivity contribution in [3.63, 3.8) is 0 Å². The number of rotatable bonds is 8. The number of benzene rings is 2. The quantitative estimate of drug-likeness (QED) is 0.293. The number of ether oxygens (including phenoxy) is 2. The molecular weight excluding hydrogens is 500 g/mol. The molecule has 2 aliphatic rings. The zero-order chi connectivity index (χ0) is 26.5. The van der Waals surface area contributed by atoms with Crippen LogP contribution in [0.25, 0.3) is 0 Å². The Balaban J connectivity index is 1.34. The van der Waals surface area contributed by atoms with Crippen LogP contribution in [-0.2, 0) is 23.9 Å². The standard InChI is InChI=1S/C27H27ClN2O7/c1-2-36-26(34)18-11-13-29(14-12-18)22-15-24(32)30(25(22)33)19-9-7-17(8-10-19)27(35)37-16-23(31)20-5-3-4-6-21(20)28/h3-10,18,22H,2,11-16H2,1H3. The van der Waals surface area contributed by atoms with Crippen molar-refractivity contribution in [3.8, 4) is 0 Å². The van der Waals surface area contributed by atoms with E-state index < -0.39 is 24.4 Å². The van der Waals surface area contributed by atoms with Crippen molar-refractivity contribution >= 4 is 46.8 Å². The molecule has 0 radical (unpaired) electrons. The van der Waals surface area contributed by atoms with E-state index in [9.17, 15) is 24.0 Å². The molecule has 2 fully saturated rings. The minimum atomic E-state index is -0.714. The van der Waals surface area contributed by atoms with Crippen LogP contribution in [0.4, 0.5) is 5.69 Å². The van der Waals surface area contributed by atoms with Crippen LogP contribution in [0.15, 0.2) is 48.5 Å². The van der Waals surface area contributed by atoms with Crippen LogP contribution in [0.1, 0.15) is 46.9 Å². The van der Waals surface area contributed by atoms with Gasteiger partial charge in [-0.1, -0.05) is 23.7 Å². The molecular formula is C27H27ClN2O7. The van der Waals surface area contributed by atoms with Crippen LogP contribution >= 0.6 is 11.6 Å². The highest BCUT2D eigenvalue weighted by Crippen LogP contribution is 2.29. The lowest BCUT2D eigenvalue weighted by Crippen LogP contribution is -2.47. The first-order valence-electron chi connectivity index (χ1n) is 12.1. The Morgan fingerprint density at radius 1 is 0.973 bits per heavy atom. The number of likely N-dealkylation sites (tertiary alicyclic amines) is 1. The summed E-state index contributed by atoms with van der Waals surface area (Å²) >= 11 is 6.00. The summed E-state index contributed by atoms with van der Waals surface area (Å²) in [5.74, 6) is -2.21. The zero-order valence-corrected chi connectivity index (χ0v) is 21.1. The summed E-state index contributed by atoms with van der Waals surface area (Å²) < 4.78 is 10.2. The SMILES string of the molecule is CCOC(=O)C1CCN(C2CC(=O)N(c3ccc(C(=O)OCC(=O)c4ccccc4Cl)cc3)C2=O)CC1. The average molecular weight is 527 g/mol. The maximum atomic E-state index is 13.1. The highest BCUT2D eigenvalue weighted by Gasteiger charge is 2.44. The minimum absolute atomic E-state index is 0.0524. The molecule has 10 heteroatoms. The molecule has 2 aromatic rings. The van der Waals surface area contributed by atoms with Gasteiger partial charge in [0.1, 0.15) is 0 Å². The number of esters is 2. The third kappa shape index (κ3) is 5.89. The predicted molar refractivity (Wildman–Crippen MR) is 134 cm³/mol. The first-order chi connectivity index (χ1) is 17.8. The molecule has 0 aliphatic carbocycles. The van der Waals surface area contributed by atoms with Crippen LogP contribution in [0, 0.1) is 5.92 Å². The van der Waals surface area contributed by atoms with Crippen LogP contribution < -0.4 is 4.90 Å². The fourth-order valence-electron chi connectivity index (χ4n) is 4.61. The number of amides is 2. The normalized spacial score (nSPS) is 18.6. The number of Topliss-reactive ketones (excluding diaryl/α,β-unsaturated/α-hetero) is 1. The molecule has 0 saturated carbocycles. The lowest BCUT2D eigenvalue weighted by molar-refractivity contribution is -0.149. The molecule has 0 aromatic heterocycles. The van der Waals surface area contributed by atoms with Gasteiger partial charge in [0.05, 0.1) is 41.3 Å². The molecule has 2 aliphatic heterocycles. The van der Waals surface area contributed by atoms with Crippen molar-refractivity contribution in [1.29, 1.82) is 0 Å². The van der Waals surface area contributed by atoms with Gasteiger partial charge in [-0.3, -0.25) is 24.1 Å². The van der Waals surface area contributed by atoms with Gasteiger partial charge in [0, 0.05) is 5.56 Å². The first kappa shape index (κ1) is 26.5. The Kier molecular flexibility index (Phi) is 8.35. The average Bonchev–Trinajstić information content (AvgIpc) is 3.21. The zero-order valence-electron chi connectivity index (χ0n) is 20.4. The number of hydrogen-bond acceptors (Lipinski definition) is 8. The molecule has 1 atom stereocenters. The summed E-state index contributed by atoms with van der Waals surface area (Å²) in [5.41, 5.74) is 0.785. The topological polar surface area (TPSA) is 110 Å². The van der Waals surface area contributed by atoms with Crippen molar-refractivity contribution in [2.75, 3.05) is 31.2 Å². The van der Waals surface area contributed by atoms with E-state index in [1.54, 1.807) is 31.2 Å². The first-order valence-corrected chi connectivity index (χ1v) is 12.5. The van der Waals surface area contributed by atoms with E-state index in [0.29, 0.717) is 38.2 Å². The Labute approximate surface area is 219 Å². The van der Waals surface area contributed by atoms with Gasteiger partial charge in [0.15, 0.2) is 6.61 Å². The van der Waals surface area contributed by atoms with E-state index in [4.69, 9.17) is 21.1 Å². The van der Waals surface area contributed by atoms with Gasteiger partial charge in [0.25, 0.3) is 5.91 Å². The highest BCUT2D eigenvalue weighted by atomic mass is 35.5. The van der Waals surface area contributed by atoms with Crippen LogP contribution in [-0.4, -0.2) is 66.8 Å². The largest absolute Gasteiger partial charge is 0.466 e. The highest BCUT2D eigenvalue weighted by molar-refractivity contribution is 6.34. The van der Waals surface area contributed by atoms with Gasteiger partial charge in [-0.15, -0.1) is 0 Å². The van der Waals surface area contributed by atoms with Gasteiger partial charge in [-0.2, -0.15) is 0 Å². The van der Waals surface area contributed by atoms with E-state index in [1.807, 2.05) is 4.90 Å². The smallest absolute Gasteiger partial charge is 0.338 e. The number of piperidine rings is 1. The van der Waals surface area contributed by atoms with E-state index in [0.717, 1.165) is 4.90 Å². The second kappa shape index (κ2) is 11.7. The van der Waals surface area contributed by atoms with Crippen molar-refractivity contribution in [2.45, 2.75) is 32.2 Å². The number of imide groups is 1. The minimum Gasteiger partial charge on any atom is -0.466 e. The third-order valence-electron chi connectivity index (χ3n) is 6.58. The molecule has 0 N–H and O–H groups in total. The molecule has 9 nitrogen and oxygen atoms in total. The van der Waals surface area contributed by atoms with Gasteiger partial charge < -0.3 is 9.47 Å². The number of carbonyl (C=O) groups excluding carboxylic acids is 5. The summed E-state index contributed by atoms with van der Waals surface area (Å²) in [6.07, 6.45) is 1.20. The second-order valence-corrected chi connectivity index (χ2v) is 9.28. The molecule has 0 spiro atoms. The van der Waals surface area contributed by atoms with Crippen LogP contribution in [0.5, 0.6) is 0 Å². The maximum Gasteiger partial charge on any atom is 0.338 e. The third-order valence-corrected chi connectivity index (χ3v) is 6.91. The lowest BCUT2D eigenvalue weighted by Gasteiger charge is -2.33. The molecule has 2 saturated heterocycles. The van der Waals surface area contributed by atoms with Crippen LogP contribution in [0.3, 0.4) is 0 Å². The van der Waals surface area contributed by atoms with E-state index in [2.05, 4.69) is 0 Å². The second-order valence-electron chi connectivity index (χ2n) is 8.88. The number of nitrogens with zero attached hydrogens (tertiary/aromatic N) is 2. The van der Waals surface area contributed by atoms with Crippen molar-refractivity contribution < 1.29 is 33.4 Å². The molecule has 2 amide bonds. The number of anilines is 1. The van der Waals surface area contributed by atoms with E-state index in [1.165, 1.54) is 24.3 Å². The summed E-state index contributed by atoms with van der Waals surface area (Å²) in [6, 6.07) is 11.8. The molecule has 0 bridgehead atoms. The van der Waals surface area contributed by atoms with Gasteiger partial charge in [-0.25, -0.2) is 9.69 Å². The predicted octanol–water partition coefficient (Wildman–Crippen LogP) is 3.29. The Morgan fingerprint density at radius 2 is 1.65 bits per heavy atom. The lowest BCUT2D eigenvalue weighted by atomic mass is 9.95. The van der Waals surface area contributed by atoms with Crippen molar-refractivity contribution in [3.05, 3.63) is 64.7 Å². The molecule has 37 heavy (non-hydrogen) atoms. The molecule has 2 aromatic carbocycles. The summed E-state index contributed by atoms with van der Waals surface area (Å²) in [7, 11) is 0. The Morgan fingerprint density at radius 3 is 2.30 bits per heavy atom. The molecule has 2 heterocycles. The Bertz CT molecular complexity index is 1210. The van der Waals surface area contributed by atoms with E-state index in [-0.39, 0.29) is 46.3 Å². The van der Waals surface area contributed by atoms with E-state index >= 15 is 0 Å². The van der Waals surface area contributed by atoms with Crippen LogP contribution in [0.2, 0.25) is 5.02 Å². The number of hydrogen-bond donors (Lipinski definition) is 0. The molecule has 4 rings (SSSR count). The van der Waals surface area contributed by atoms with Gasteiger partial charge >= 0.3 is 11.9 Å². The number of halogens is 1. The summed E-state index contributed by atoms with van der Waals surface area (Å²) in [5, 5.41) is 0.273. The maximum absolute atomic E-state index is 13.1. The monoisotopic (exact) mass is 526 g/mol. The molecule has 1 unspecified atom stereocenters. The summed E-state index contributed by atoms with van der Waals surface area (Å²) in [4.78, 5) is 65.6. The van der Waals surface area contributed by atoms with Crippen molar-refractivity contribution in [1.82, 2.24) is 4.90 Å².